The Morgan fingerprint density at radius 2 is 2.38 bits per heavy atom. The molecule has 0 heterocycles. The number of rotatable bonds is 1. The van der Waals surface area contributed by atoms with Gasteiger partial charge in [0.15, 0.2) is 0 Å². The summed E-state index contributed by atoms with van der Waals surface area (Å²) in [5, 5.41) is 0. The Morgan fingerprint density at radius 1 is 1.62 bits per heavy atom. The van der Waals surface area contributed by atoms with Crippen LogP contribution in [0.25, 0.3) is 0 Å². The maximum atomic E-state index is 3.21. The smallest absolute Gasteiger partial charge is 0.0234 e. The van der Waals surface area contributed by atoms with E-state index in [1.165, 1.54) is 6.42 Å². The van der Waals surface area contributed by atoms with E-state index in [9.17, 15) is 0 Å². The summed E-state index contributed by atoms with van der Waals surface area (Å²) in [5.41, 5.74) is 0. The van der Waals surface area contributed by atoms with E-state index in [-0.39, 0.29) is 0 Å². The van der Waals surface area contributed by atoms with Crippen molar-refractivity contribution in [3.05, 3.63) is 0 Å². The molecule has 0 fully saturated rings. The second-order valence-corrected chi connectivity index (χ2v) is 2.52. The predicted molar refractivity (Wildman–Crippen MR) is 35.3 cm³/mol. The standard InChI is InChI=1S/C8H12/c1-3-8-6-4-5-7(8)2/h7-8H,3,5H2,1-2H3. The molecule has 1 aliphatic rings. The van der Waals surface area contributed by atoms with Gasteiger partial charge < -0.3 is 0 Å². The summed E-state index contributed by atoms with van der Waals surface area (Å²) in [4.78, 5) is 0. The Morgan fingerprint density at radius 3 is 2.62 bits per heavy atom. The van der Waals surface area contributed by atoms with Gasteiger partial charge in [0.05, 0.1) is 0 Å². The van der Waals surface area contributed by atoms with Gasteiger partial charge in [-0.1, -0.05) is 19.8 Å². The first-order valence-corrected chi connectivity index (χ1v) is 3.33. The fraction of sp³-hybridized carbons (Fsp3) is 0.750. The highest BCUT2D eigenvalue weighted by atomic mass is 14.2. The third-order valence-electron chi connectivity index (χ3n) is 1.84. The lowest BCUT2D eigenvalue weighted by Crippen LogP contribution is -2.02. The largest absolute Gasteiger partial charge is 0.103 e. The van der Waals surface area contributed by atoms with Crippen molar-refractivity contribution in [2.45, 2.75) is 26.7 Å². The summed E-state index contributed by atoms with van der Waals surface area (Å²) in [6.07, 6.45) is 2.35. The van der Waals surface area contributed by atoms with Gasteiger partial charge in [-0.3, -0.25) is 0 Å². The van der Waals surface area contributed by atoms with Gasteiger partial charge in [0.2, 0.25) is 0 Å². The Bertz CT molecular complexity index is 125. The van der Waals surface area contributed by atoms with Crippen molar-refractivity contribution in [3.8, 4) is 11.8 Å². The number of hydrogen-bond donors (Lipinski definition) is 0. The molecule has 0 radical (unpaired) electrons. The molecule has 1 rings (SSSR count). The molecule has 0 bridgehead atoms. The van der Waals surface area contributed by atoms with Gasteiger partial charge in [0.25, 0.3) is 0 Å². The van der Waals surface area contributed by atoms with Crippen LogP contribution in [0.3, 0.4) is 0 Å². The van der Waals surface area contributed by atoms with Crippen molar-refractivity contribution in [2.75, 3.05) is 0 Å². The Hall–Kier alpha value is -0.440. The van der Waals surface area contributed by atoms with E-state index in [2.05, 4.69) is 25.7 Å². The van der Waals surface area contributed by atoms with Gasteiger partial charge in [-0.25, -0.2) is 0 Å². The second-order valence-electron chi connectivity index (χ2n) is 2.52. The van der Waals surface area contributed by atoms with Gasteiger partial charge >= 0.3 is 0 Å². The topological polar surface area (TPSA) is 0 Å². The fourth-order valence-electron chi connectivity index (χ4n) is 1.14. The van der Waals surface area contributed by atoms with Crippen molar-refractivity contribution < 1.29 is 0 Å². The van der Waals surface area contributed by atoms with Crippen molar-refractivity contribution in [2.24, 2.45) is 11.8 Å². The lowest BCUT2D eigenvalue weighted by atomic mass is 9.95. The molecule has 2 atom stereocenters. The molecular formula is C8H12. The van der Waals surface area contributed by atoms with E-state index in [0.717, 1.165) is 12.3 Å². The fourth-order valence-corrected chi connectivity index (χ4v) is 1.14. The molecule has 0 aromatic rings. The van der Waals surface area contributed by atoms with Crippen LogP contribution in [0.2, 0.25) is 0 Å². The highest BCUT2D eigenvalue weighted by molar-refractivity contribution is 5.12. The maximum absolute atomic E-state index is 3.21. The van der Waals surface area contributed by atoms with Crippen molar-refractivity contribution in [3.63, 3.8) is 0 Å². The summed E-state index contributed by atoms with van der Waals surface area (Å²) in [6, 6.07) is 0. The van der Waals surface area contributed by atoms with Crippen LogP contribution in [0.1, 0.15) is 26.7 Å². The van der Waals surface area contributed by atoms with Crippen LogP contribution >= 0.6 is 0 Å². The third-order valence-corrected chi connectivity index (χ3v) is 1.84. The minimum Gasteiger partial charge on any atom is -0.103 e. The lowest BCUT2D eigenvalue weighted by molar-refractivity contribution is 0.458. The van der Waals surface area contributed by atoms with Gasteiger partial charge in [-0.2, -0.15) is 0 Å². The summed E-state index contributed by atoms with van der Waals surface area (Å²) in [5.74, 6) is 7.84. The van der Waals surface area contributed by atoms with Gasteiger partial charge in [-0.05, 0) is 12.3 Å². The molecule has 8 heavy (non-hydrogen) atoms. The van der Waals surface area contributed by atoms with Crippen molar-refractivity contribution in [1.82, 2.24) is 0 Å². The lowest BCUT2D eigenvalue weighted by Gasteiger charge is -2.08. The normalized spacial score (nSPS) is 34.2. The van der Waals surface area contributed by atoms with Crippen molar-refractivity contribution >= 4 is 0 Å². The molecule has 0 aromatic carbocycles. The Labute approximate surface area is 51.3 Å². The average Bonchev–Trinajstić information content (AvgIpc) is 2.14. The molecule has 0 N–H and O–H groups in total. The first-order chi connectivity index (χ1) is 3.84. The SMILES string of the molecule is CCC1C#CCC1C. The molecular weight excluding hydrogens is 96.1 g/mol. The van der Waals surface area contributed by atoms with Crippen LogP contribution in [0.4, 0.5) is 0 Å². The first kappa shape index (κ1) is 5.69. The van der Waals surface area contributed by atoms with Gasteiger partial charge in [0.1, 0.15) is 0 Å². The molecule has 0 aliphatic heterocycles. The van der Waals surface area contributed by atoms with E-state index in [4.69, 9.17) is 0 Å². The molecule has 44 valence electrons. The summed E-state index contributed by atoms with van der Waals surface area (Å²) < 4.78 is 0. The van der Waals surface area contributed by atoms with E-state index >= 15 is 0 Å². The zero-order chi connectivity index (χ0) is 5.98. The zero-order valence-corrected chi connectivity index (χ0v) is 5.57. The molecule has 0 heteroatoms. The highest BCUT2D eigenvalue weighted by Gasteiger charge is 2.14. The molecule has 0 aromatic heterocycles. The predicted octanol–water partition coefficient (Wildman–Crippen LogP) is 2.06. The van der Waals surface area contributed by atoms with Gasteiger partial charge in [0, 0.05) is 12.3 Å². The molecule has 0 amide bonds. The summed E-state index contributed by atoms with van der Waals surface area (Å²) >= 11 is 0. The quantitative estimate of drug-likeness (QED) is 0.451. The second kappa shape index (κ2) is 2.22. The highest BCUT2D eigenvalue weighted by Crippen LogP contribution is 2.21. The van der Waals surface area contributed by atoms with Crippen LogP contribution in [0.5, 0.6) is 0 Å². The zero-order valence-electron chi connectivity index (χ0n) is 5.57. The van der Waals surface area contributed by atoms with Gasteiger partial charge in [-0.15, -0.1) is 5.92 Å². The molecule has 0 saturated heterocycles. The Balaban J connectivity index is 2.45. The van der Waals surface area contributed by atoms with Crippen LogP contribution in [-0.2, 0) is 0 Å². The minimum atomic E-state index is 0.704. The average molecular weight is 108 g/mol. The summed E-state index contributed by atoms with van der Waals surface area (Å²) in [7, 11) is 0. The summed E-state index contributed by atoms with van der Waals surface area (Å²) in [6.45, 7) is 4.47. The molecule has 0 saturated carbocycles. The van der Waals surface area contributed by atoms with E-state index in [1.807, 2.05) is 0 Å². The van der Waals surface area contributed by atoms with Crippen LogP contribution in [0.15, 0.2) is 0 Å². The third kappa shape index (κ3) is 0.865. The Kier molecular flexibility index (Phi) is 1.58. The minimum absolute atomic E-state index is 0.704. The maximum Gasteiger partial charge on any atom is 0.0234 e. The van der Waals surface area contributed by atoms with E-state index < -0.39 is 0 Å². The monoisotopic (exact) mass is 108 g/mol. The number of hydrogen-bond acceptors (Lipinski definition) is 0. The first-order valence-electron chi connectivity index (χ1n) is 3.33. The molecule has 2 unspecified atom stereocenters. The molecule has 0 spiro atoms. The van der Waals surface area contributed by atoms with E-state index in [0.29, 0.717) is 5.92 Å². The van der Waals surface area contributed by atoms with E-state index in [1.54, 1.807) is 0 Å². The van der Waals surface area contributed by atoms with Crippen LogP contribution in [-0.4, -0.2) is 0 Å². The molecule has 0 nitrogen and oxygen atoms in total. The van der Waals surface area contributed by atoms with Crippen molar-refractivity contribution in [1.29, 1.82) is 0 Å². The van der Waals surface area contributed by atoms with Crippen LogP contribution in [0, 0.1) is 23.7 Å². The molecule has 1 aliphatic carbocycles. The van der Waals surface area contributed by atoms with Crippen LogP contribution < -0.4 is 0 Å².